The summed E-state index contributed by atoms with van der Waals surface area (Å²) in [5.41, 5.74) is 7.42. The molecule has 0 aliphatic carbocycles. The molecule has 2 aromatic rings. The number of carbonyl (C=O) groups is 1. The maximum absolute atomic E-state index is 10.9. The molecule has 2 rings (SSSR count). The van der Waals surface area contributed by atoms with E-state index < -0.39 is 12.0 Å². The third-order valence-corrected chi connectivity index (χ3v) is 3.38. The Morgan fingerprint density at radius 2 is 2.29 bits per heavy atom. The molecular formula is C15H19N3O3. The van der Waals surface area contributed by atoms with Crippen LogP contribution in [0.3, 0.4) is 0 Å². The maximum Gasteiger partial charge on any atom is 0.320 e. The molecule has 1 aromatic heterocycles. The summed E-state index contributed by atoms with van der Waals surface area (Å²) in [7, 11) is 1.61. The molecule has 0 fully saturated rings. The normalized spacial score (nSPS) is 12.1. The van der Waals surface area contributed by atoms with Crippen LogP contribution in [0, 0.1) is 6.92 Å². The lowest BCUT2D eigenvalue weighted by molar-refractivity contribution is -0.138. The number of aliphatic carboxylic acids is 1. The van der Waals surface area contributed by atoms with E-state index in [1.807, 2.05) is 35.9 Å². The summed E-state index contributed by atoms with van der Waals surface area (Å²) in [6.07, 6.45) is 3.92. The first-order valence-electron chi connectivity index (χ1n) is 6.63. The minimum absolute atomic E-state index is 0.287. The number of hydrogen-bond acceptors (Lipinski definition) is 4. The van der Waals surface area contributed by atoms with Crippen molar-refractivity contribution in [1.29, 1.82) is 0 Å². The SMILES string of the molecule is COc1ccc(CC(N)C(=O)O)cc1Cn1ccnc1C. The van der Waals surface area contributed by atoms with Gasteiger partial charge in [0.05, 0.1) is 13.7 Å². The summed E-state index contributed by atoms with van der Waals surface area (Å²) in [5, 5.41) is 8.90. The molecule has 1 atom stereocenters. The smallest absolute Gasteiger partial charge is 0.320 e. The maximum atomic E-state index is 10.9. The molecule has 0 saturated heterocycles. The molecule has 1 unspecified atom stereocenters. The van der Waals surface area contributed by atoms with E-state index in [0.29, 0.717) is 6.54 Å². The van der Waals surface area contributed by atoms with Crippen LogP contribution in [-0.2, 0) is 17.8 Å². The number of methoxy groups -OCH3 is 1. The molecule has 0 aliphatic heterocycles. The monoisotopic (exact) mass is 289 g/mol. The Morgan fingerprint density at radius 3 is 2.86 bits per heavy atom. The van der Waals surface area contributed by atoms with Crippen molar-refractivity contribution in [2.45, 2.75) is 25.9 Å². The fraction of sp³-hybridized carbons (Fsp3) is 0.333. The highest BCUT2D eigenvalue weighted by atomic mass is 16.5. The molecule has 6 nitrogen and oxygen atoms in total. The molecule has 0 bridgehead atoms. The van der Waals surface area contributed by atoms with E-state index in [9.17, 15) is 4.79 Å². The number of aryl methyl sites for hydroxylation is 1. The van der Waals surface area contributed by atoms with E-state index in [1.54, 1.807) is 13.3 Å². The van der Waals surface area contributed by atoms with Gasteiger partial charge in [0.15, 0.2) is 0 Å². The van der Waals surface area contributed by atoms with E-state index >= 15 is 0 Å². The molecule has 0 amide bonds. The zero-order chi connectivity index (χ0) is 15.4. The quantitative estimate of drug-likeness (QED) is 0.834. The molecule has 6 heteroatoms. The third kappa shape index (κ3) is 3.61. The second kappa shape index (κ2) is 6.41. The Kier molecular flexibility index (Phi) is 4.59. The van der Waals surface area contributed by atoms with Gasteiger partial charge in [-0.25, -0.2) is 4.98 Å². The van der Waals surface area contributed by atoms with Crippen LogP contribution < -0.4 is 10.5 Å². The number of rotatable bonds is 6. The Labute approximate surface area is 123 Å². The molecule has 3 N–H and O–H groups in total. The van der Waals surface area contributed by atoms with Gasteiger partial charge in [0.1, 0.15) is 17.6 Å². The average molecular weight is 289 g/mol. The molecule has 0 radical (unpaired) electrons. The highest BCUT2D eigenvalue weighted by Crippen LogP contribution is 2.22. The van der Waals surface area contributed by atoms with Crippen molar-refractivity contribution in [1.82, 2.24) is 9.55 Å². The zero-order valence-electron chi connectivity index (χ0n) is 12.1. The van der Waals surface area contributed by atoms with Gasteiger partial charge in [-0.2, -0.15) is 0 Å². The number of aromatic nitrogens is 2. The summed E-state index contributed by atoms with van der Waals surface area (Å²) >= 11 is 0. The molecule has 21 heavy (non-hydrogen) atoms. The minimum atomic E-state index is -1.00. The van der Waals surface area contributed by atoms with Gasteiger partial charge in [-0.3, -0.25) is 4.79 Å². The molecule has 1 aromatic carbocycles. The Bertz CT molecular complexity index is 637. The van der Waals surface area contributed by atoms with Gasteiger partial charge in [0.25, 0.3) is 0 Å². The van der Waals surface area contributed by atoms with Gasteiger partial charge in [-0.05, 0) is 25.0 Å². The zero-order valence-corrected chi connectivity index (χ0v) is 12.1. The van der Waals surface area contributed by atoms with Crippen LogP contribution in [0.5, 0.6) is 5.75 Å². The largest absolute Gasteiger partial charge is 0.496 e. The first-order chi connectivity index (χ1) is 10.0. The fourth-order valence-corrected chi connectivity index (χ4v) is 2.18. The van der Waals surface area contributed by atoms with Crippen LogP contribution in [0.25, 0.3) is 0 Å². The number of nitrogens with two attached hydrogens (primary N) is 1. The van der Waals surface area contributed by atoms with E-state index in [1.165, 1.54) is 0 Å². The topological polar surface area (TPSA) is 90.4 Å². The fourth-order valence-electron chi connectivity index (χ4n) is 2.18. The van der Waals surface area contributed by atoms with Crippen molar-refractivity contribution < 1.29 is 14.6 Å². The molecule has 0 spiro atoms. The first kappa shape index (κ1) is 15.1. The van der Waals surface area contributed by atoms with Crippen LogP contribution >= 0.6 is 0 Å². The van der Waals surface area contributed by atoms with Crippen LogP contribution in [0.4, 0.5) is 0 Å². The summed E-state index contributed by atoms with van der Waals surface area (Å²) in [6, 6.07) is 4.71. The second-order valence-corrected chi connectivity index (χ2v) is 4.90. The van der Waals surface area contributed by atoms with Crippen LogP contribution in [0.2, 0.25) is 0 Å². The van der Waals surface area contributed by atoms with Gasteiger partial charge in [-0.15, -0.1) is 0 Å². The number of benzene rings is 1. The lowest BCUT2D eigenvalue weighted by atomic mass is 10.0. The highest BCUT2D eigenvalue weighted by Gasteiger charge is 2.14. The first-order valence-corrected chi connectivity index (χ1v) is 6.63. The number of carboxylic acid groups (broad SMARTS) is 1. The molecular weight excluding hydrogens is 270 g/mol. The highest BCUT2D eigenvalue weighted by molar-refractivity contribution is 5.73. The lowest BCUT2D eigenvalue weighted by Crippen LogP contribution is -2.32. The standard InChI is InChI=1S/C15H19N3O3/c1-10-17-5-6-18(10)9-12-7-11(3-4-14(12)21-2)8-13(16)15(19)20/h3-7,13H,8-9,16H2,1-2H3,(H,19,20). The van der Waals surface area contributed by atoms with Crippen LogP contribution in [0.15, 0.2) is 30.6 Å². The Morgan fingerprint density at radius 1 is 1.52 bits per heavy atom. The number of hydrogen-bond donors (Lipinski definition) is 2. The summed E-state index contributed by atoms with van der Waals surface area (Å²) < 4.78 is 7.36. The van der Waals surface area contributed by atoms with Gasteiger partial charge < -0.3 is 20.1 Å². The Balaban J connectivity index is 2.26. The number of carboxylic acids is 1. The number of nitrogens with zero attached hydrogens (tertiary/aromatic N) is 2. The van der Waals surface area contributed by atoms with Gasteiger partial charge in [-0.1, -0.05) is 12.1 Å². The van der Waals surface area contributed by atoms with E-state index in [4.69, 9.17) is 15.6 Å². The lowest BCUT2D eigenvalue weighted by Gasteiger charge is -2.13. The van der Waals surface area contributed by atoms with Gasteiger partial charge in [0.2, 0.25) is 0 Å². The summed E-state index contributed by atoms with van der Waals surface area (Å²) in [5.74, 6) is 0.665. The van der Waals surface area contributed by atoms with Crippen molar-refractivity contribution in [2.75, 3.05) is 7.11 Å². The van der Waals surface area contributed by atoms with Gasteiger partial charge in [0, 0.05) is 18.0 Å². The summed E-state index contributed by atoms with van der Waals surface area (Å²) in [4.78, 5) is 15.0. The van der Waals surface area contributed by atoms with E-state index in [-0.39, 0.29) is 6.42 Å². The van der Waals surface area contributed by atoms with Crippen molar-refractivity contribution in [3.63, 3.8) is 0 Å². The number of imidazole rings is 1. The van der Waals surface area contributed by atoms with Crippen molar-refractivity contribution in [2.24, 2.45) is 5.73 Å². The van der Waals surface area contributed by atoms with Gasteiger partial charge >= 0.3 is 5.97 Å². The molecule has 0 saturated carbocycles. The molecule has 1 heterocycles. The molecule has 112 valence electrons. The molecule has 0 aliphatic rings. The minimum Gasteiger partial charge on any atom is -0.496 e. The Hall–Kier alpha value is -2.34. The van der Waals surface area contributed by atoms with Crippen molar-refractivity contribution >= 4 is 5.97 Å². The van der Waals surface area contributed by atoms with Crippen molar-refractivity contribution in [3.8, 4) is 5.75 Å². The average Bonchev–Trinajstić information content (AvgIpc) is 2.84. The van der Waals surface area contributed by atoms with Crippen molar-refractivity contribution in [3.05, 3.63) is 47.5 Å². The number of ether oxygens (including phenoxy) is 1. The van der Waals surface area contributed by atoms with Crippen LogP contribution in [-0.4, -0.2) is 33.8 Å². The van der Waals surface area contributed by atoms with E-state index in [0.717, 1.165) is 22.7 Å². The third-order valence-electron chi connectivity index (χ3n) is 3.38. The second-order valence-electron chi connectivity index (χ2n) is 4.90. The summed E-state index contributed by atoms with van der Waals surface area (Å²) in [6.45, 7) is 2.54. The van der Waals surface area contributed by atoms with Crippen LogP contribution in [0.1, 0.15) is 17.0 Å². The van der Waals surface area contributed by atoms with E-state index in [2.05, 4.69) is 4.98 Å². The predicted molar refractivity (Wildman–Crippen MR) is 78.4 cm³/mol. The predicted octanol–water partition coefficient (Wildman–Crippen LogP) is 1.20.